The van der Waals surface area contributed by atoms with Crippen molar-refractivity contribution in [2.75, 3.05) is 19.0 Å². The molecule has 2 rings (SSSR count). The fraction of sp³-hybridized carbons (Fsp3) is 0.533. The largest absolute Gasteiger partial charge is 0.376 e. The lowest BCUT2D eigenvalue weighted by Crippen LogP contribution is -2.43. The molecule has 0 aliphatic heterocycles. The molecule has 0 saturated heterocycles. The van der Waals surface area contributed by atoms with Crippen molar-refractivity contribution in [1.29, 1.82) is 0 Å². The van der Waals surface area contributed by atoms with Crippen molar-refractivity contribution in [2.45, 2.75) is 38.7 Å². The molecule has 4 nitrogen and oxygen atoms in total. The molecule has 0 radical (unpaired) electrons. The maximum Gasteiger partial charge on any atom is 0.193 e. The predicted octanol–water partition coefficient (Wildman–Crippen LogP) is 2.60. The molecular formula is C15H23N3O. The first kappa shape index (κ1) is 13.9. The van der Waals surface area contributed by atoms with Gasteiger partial charge in [0.05, 0.1) is 12.1 Å². The Labute approximate surface area is 115 Å². The monoisotopic (exact) mass is 261 g/mol. The van der Waals surface area contributed by atoms with Crippen LogP contribution in [-0.4, -0.2) is 25.2 Å². The second kappa shape index (κ2) is 5.61. The molecule has 1 aliphatic rings. The second-order valence-electron chi connectivity index (χ2n) is 5.44. The van der Waals surface area contributed by atoms with E-state index in [1.807, 2.05) is 0 Å². The van der Waals surface area contributed by atoms with E-state index in [0.29, 0.717) is 12.5 Å². The molecule has 0 aromatic heterocycles. The van der Waals surface area contributed by atoms with Crippen molar-refractivity contribution >= 4 is 11.6 Å². The number of anilines is 1. The first-order valence-corrected chi connectivity index (χ1v) is 6.73. The van der Waals surface area contributed by atoms with Crippen molar-refractivity contribution < 1.29 is 4.74 Å². The van der Waals surface area contributed by atoms with Crippen molar-refractivity contribution in [3.05, 3.63) is 29.3 Å². The zero-order valence-corrected chi connectivity index (χ0v) is 12.0. The van der Waals surface area contributed by atoms with Gasteiger partial charge in [-0.1, -0.05) is 6.07 Å². The number of aliphatic imine (C=N–C) groups is 1. The molecule has 1 aliphatic carbocycles. The van der Waals surface area contributed by atoms with Crippen LogP contribution in [0.15, 0.2) is 23.2 Å². The SMILES string of the molecule is COC1(CN=C(N)Nc2cc(C)cc(C)c2)CCC1. The smallest absolute Gasteiger partial charge is 0.193 e. The molecule has 0 atom stereocenters. The van der Waals surface area contributed by atoms with Crippen LogP contribution >= 0.6 is 0 Å². The van der Waals surface area contributed by atoms with Gasteiger partial charge in [-0.3, -0.25) is 4.99 Å². The summed E-state index contributed by atoms with van der Waals surface area (Å²) in [5.74, 6) is 0.452. The van der Waals surface area contributed by atoms with Crippen molar-refractivity contribution in [3.8, 4) is 0 Å². The number of guanidine groups is 1. The third kappa shape index (κ3) is 3.47. The standard InChI is InChI=1S/C15H23N3O/c1-11-7-12(2)9-13(8-11)18-14(16)17-10-15(19-3)5-4-6-15/h7-9H,4-6,10H2,1-3H3,(H3,16,17,18). The Morgan fingerprint density at radius 2 is 1.95 bits per heavy atom. The molecule has 19 heavy (non-hydrogen) atoms. The average molecular weight is 261 g/mol. The summed E-state index contributed by atoms with van der Waals surface area (Å²) in [5, 5.41) is 3.14. The minimum atomic E-state index is -0.0746. The molecule has 0 heterocycles. The van der Waals surface area contributed by atoms with E-state index >= 15 is 0 Å². The molecule has 3 N–H and O–H groups in total. The number of hydrogen-bond acceptors (Lipinski definition) is 2. The molecule has 0 spiro atoms. The van der Waals surface area contributed by atoms with Gasteiger partial charge in [-0.2, -0.15) is 0 Å². The summed E-state index contributed by atoms with van der Waals surface area (Å²) in [6.07, 6.45) is 3.36. The van der Waals surface area contributed by atoms with E-state index in [1.54, 1.807) is 7.11 Å². The van der Waals surface area contributed by atoms with E-state index in [4.69, 9.17) is 10.5 Å². The lowest BCUT2D eigenvalue weighted by atomic mass is 9.80. The fourth-order valence-electron chi connectivity index (χ4n) is 2.46. The zero-order valence-electron chi connectivity index (χ0n) is 12.0. The third-order valence-electron chi connectivity index (χ3n) is 3.73. The summed E-state index contributed by atoms with van der Waals surface area (Å²) in [6.45, 7) is 4.77. The van der Waals surface area contributed by atoms with Crippen molar-refractivity contribution in [2.24, 2.45) is 10.7 Å². The number of aryl methyl sites for hydroxylation is 2. The number of nitrogens with zero attached hydrogens (tertiary/aromatic N) is 1. The van der Waals surface area contributed by atoms with Gasteiger partial charge in [-0.15, -0.1) is 0 Å². The topological polar surface area (TPSA) is 59.6 Å². The summed E-state index contributed by atoms with van der Waals surface area (Å²) < 4.78 is 5.52. The fourth-order valence-corrected chi connectivity index (χ4v) is 2.46. The normalized spacial score (nSPS) is 17.9. The summed E-state index contributed by atoms with van der Waals surface area (Å²) in [7, 11) is 1.75. The number of ether oxygens (including phenoxy) is 1. The van der Waals surface area contributed by atoms with Gasteiger partial charge in [0.1, 0.15) is 0 Å². The molecule has 0 bridgehead atoms. The Bertz CT molecular complexity index is 453. The molecule has 104 valence electrons. The van der Waals surface area contributed by atoms with E-state index in [2.05, 4.69) is 42.4 Å². The minimum Gasteiger partial charge on any atom is -0.376 e. The molecule has 4 heteroatoms. The number of nitrogens with two attached hydrogens (primary N) is 1. The highest BCUT2D eigenvalue weighted by atomic mass is 16.5. The van der Waals surface area contributed by atoms with Crippen LogP contribution in [0, 0.1) is 13.8 Å². The maximum atomic E-state index is 5.93. The van der Waals surface area contributed by atoms with Crippen LogP contribution < -0.4 is 11.1 Å². The van der Waals surface area contributed by atoms with Gasteiger partial charge in [0.2, 0.25) is 0 Å². The Balaban J connectivity index is 1.98. The van der Waals surface area contributed by atoms with E-state index in [0.717, 1.165) is 18.5 Å². The van der Waals surface area contributed by atoms with Gasteiger partial charge in [0.25, 0.3) is 0 Å². The van der Waals surface area contributed by atoms with Gasteiger partial charge in [-0.25, -0.2) is 0 Å². The van der Waals surface area contributed by atoms with E-state index in [9.17, 15) is 0 Å². The molecule has 1 fully saturated rings. The highest BCUT2D eigenvalue weighted by Gasteiger charge is 2.36. The van der Waals surface area contributed by atoms with Crippen LogP contribution in [0.4, 0.5) is 5.69 Å². The van der Waals surface area contributed by atoms with Crippen molar-refractivity contribution in [1.82, 2.24) is 0 Å². The molecule has 1 aromatic carbocycles. The first-order valence-electron chi connectivity index (χ1n) is 6.73. The summed E-state index contributed by atoms with van der Waals surface area (Å²) in [6, 6.07) is 6.25. The van der Waals surface area contributed by atoms with Gasteiger partial charge < -0.3 is 15.8 Å². The van der Waals surface area contributed by atoms with Crippen LogP contribution in [0.2, 0.25) is 0 Å². The number of nitrogens with one attached hydrogen (secondary N) is 1. The zero-order chi connectivity index (χ0) is 13.9. The summed E-state index contributed by atoms with van der Waals surface area (Å²) in [5.41, 5.74) is 9.26. The number of methoxy groups -OCH3 is 1. The summed E-state index contributed by atoms with van der Waals surface area (Å²) in [4.78, 5) is 4.40. The molecular weight excluding hydrogens is 238 g/mol. The van der Waals surface area contributed by atoms with Gasteiger partial charge >= 0.3 is 0 Å². The third-order valence-corrected chi connectivity index (χ3v) is 3.73. The first-order chi connectivity index (χ1) is 9.03. The highest BCUT2D eigenvalue weighted by molar-refractivity contribution is 5.92. The number of rotatable bonds is 4. The number of hydrogen-bond donors (Lipinski definition) is 2. The van der Waals surface area contributed by atoms with E-state index in [-0.39, 0.29) is 5.60 Å². The highest BCUT2D eigenvalue weighted by Crippen LogP contribution is 2.35. The predicted molar refractivity (Wildman–Crippen MR) is 79.6 cm³/mol. The molecule has 1 saturated carbocycles. The Morgan fingerprint density at radius 1 is 1.32 bits per heavy atom. The summed E-state index contributed by atoms with van der Waals surface area (Å²) >= 11 is 0. The van der Waals surface area contributed by atoms with E-state index in [1.165, 1.54) is 17.5 Å². The van der Waals surface area contributed by atoms with Crippen LogP contribution in [-0.2, 0) is 4.74 Å². The second-order valence-corrected chi connectivity index (χ2v) is 5.44. The lowest BCUT2D eigenvalue weighted by Gasteiger charge is -2.39. The maximum absolute atomic E-state index is 5.93. The van der Waals surface area contributed by atoms with Crippen LogP contribution in [0.1, 0.15) is 30.4 Å². The van der Waals surface area contributed by atoms with Gasteiger partial charge in [0, 0.05) is 12.8 Å². The van der Waals surface area contributed by atoms with Gasteiger partial charge in [-0.05, 0) is 56.4 Å². The number of benzene rings is 1. The van der Waals surface area contributed by atoms with Gasteiger partial charge in [0.15, 0.2) is 5.96 Å². The van der Waals surface area contributed by atoms with E-state index < -0.39 is 0 Å². The molecule has 0 amide bonds. The Hall–Kier alpha value is -1.55. The lowest BCUT2D eigenvalue weighted by molar-refractivity contribution is -0.0629. The minimum absolute atomic E-state index is 0.0746. The Morgan fingerprint density at radius 3 is 2.42 bits per heavy atom. The Kier molecular flexibility index (Phi) is 4.10. The molecule has 0 unspecified atom stereocenters. The van der Waals surface area contributed by atoms with Crippen molar-refractivity contribution in [3.63, 3.8) is 0 Å². The molecule has 1 aromatic rings. The van der Waals surface area contributed by atoms with Crippen LogP contribution in [0.3, 0.4) is 0 Å². The van der Waals surface area contributed by atoms with Crippen LogP contribution in [0.5, 0.6) is 0 Å². The quantitative estimate of drug-likeness (QED) is 0.647. The average Bonchev–Trinajstić information content (AvgIpc) is 2.26. The van der Waals surface area contributed by atoms with Crippen LogP contribution in [0.25, 0.3) is 0 Å².